The number of fused-ring (bicyclic) bond motifs is 1. The summed E-state index contributed by atoms with van der Waals surface area (Å²) in [5, 5.41) is 3.79. The molecule has 5 heteroatoms. The molecule has 0 bridgehead atoms. The molecule has 2 aromatic rings. The highest BCUT2D eigenvalue weighted by molar-refractivity contribution is 9.09. The van der Waals surface area contributed by atoms with Gasteiger partial charge in [0, 0.05) is 16.1 Å². The predicted molar refractivity (Wildman–Crippen MR) is 81.7 cm³/mol. The van der Waals surface area contributed by atoms with E-state index >= 15 is 0 Å². The van der Waals surface area contributed by atoms with Gasteiger partial charge >= 0.3 is 0 Å². The van der Waals surface area contributed by atoms with Gasteiger partial charge in [-0.15, -0.1) is 11.3 Å². The molecule has 1 aromatic carbocycles. The molecule has 1 heterocycles. The number of hydrogen-bond donors (Lipinski definition) is 1. The molecule has 0 fully saturated rings. The van der Waals surface area contributed by atoms with E-state index < -0.39 is 0 Å². The fraction of sp³-hybridized carbons (Fsp3) is 0.357. The quantitative estimate of drug-likeness (QED) is 0.828. The molecule has 0 radical (unpaired) electrons. The fourth-order valence-electron chi connectivity index (χ4n) is 1.63. The van der Waals surface area contributed by atoms with E-state index in [-0.39, 0.29) is 16.6 Å². The van der Waals surface area contributed by atoms with E-state index in [9.17, 15) is 9.18 Å². The third-order valence-corrected chi connectivity index (χ3v) is 5.36. The lowest BCUT2D eigenvalue weighted by Gasteiger charge is -2.13. The second-order valence-electron chi connectivity index (χ2n) is 4.76. The van der Waals surface area contributed by atoms with Crippen molar-refractivity contribution < 1.29 is 9.18 Å². The van der Waals surface area contributed by atoms with Crippen LogP contribution in [0.25, 0.3) is 10.1 Å². The van der Waals surface area contributed by atoms with Gasteiger partial charge in [0.05, 0.1) is 4.88 Å². The Morgan fingerprint density at radius 2 is 2.16 bits per heavy atom. The SMILES string of the molecule is CC(C)C(Br)CNC(=O)c1cc2ccc(F)cc2s1. The van der Waals surface area contributed by atoms with Crippen LogP contribution < -0.4 is 5.32 Å². The Kier molecular flexibility index (Phi) is 4.58. The first kappa shape index (κ1) is 14.5. The second-order valence-corrected chi connectivity index (χ2v) is 7.02. The molecule has 2 rings (SSSR count). The lowest BCUT2D eigenvalue weighted by atomic mass is 10.1. The Morgan fingerprint density at radius 1 is 1.42 bits per heavy atom. The Bertz CT molecular complexity index is 596. The largest absolute Gasteiger partial charge is 0.350 e. The topological polar surface area (TPSA) is 29.1 Å². The van der Waals surface area contributed by atoms with Crippen LogP contribution in [-0.4, -0.2) is 17.3 Å². The Balaban J connectivity index is 2.09. The molecule has 0 spiro atoms. The molecule has 2 nitrogen and oxygen atoms in total. The van der Waals surface area contributed by atoms with Crippen molar-refractivity contribution >= 4 is 43.3 Å². The van der Waals surface area contributed by atoms with Crippen LogP contribution in [0.5, 0.6) is 0 Å². The zero-order valence-electron chi connectivity index (χ0n) is 10.7. The molecule has 0 aliphatic carbocycles. The summed E-state index contributed by atoms with van der Waals surface area (Å²) in [5.74, 6) is 0.0742. The van der Waals surface area contributed by atoms with E-state index in [2.05, 4.69) is 35.1 Å². The van der Waals surface area contributed by atoms with E-state index in [4.69, 9.17) is 0 Å². The van der Waals surface area contributed by atoms with Crippen molar-refractivity contribution in [1.29, 1.82) is 0 Å². The third kappa shape index (κ3) is 3.54. The first-order valence-corrected chi connectivity index (χ1v) is 7.82. The average molecular weight is 344 g/mol. The molecular weight excluding hydrogens is 329 g/mol. The molecule has 0 saturated heterocycles. The summed E-state index contributed by atoms with van der Waals surface area (Å²) in [6, 6.07) is 6.36. The smallest absolute Gasteiger partial charge is 0.261 e. The minimum Gasteiger partial charge on any atom is -0.350 e. The second kappa shape index (κ2) is 6.01. The number of thiophene rings is 1. The zero-order valence-corrected chi connectivity index (χ0v) is 13.1. The molecule has 19 heavy (non-hydrogen) atoms. The van der Waals surface area contributed by atoms with Gasteiger partial charge in [-0.3, -0.25) is 4.79 Å². The normalized spacial score (nSPS) is 12.9. The minimum atomic E-state index is -0.276. The van der Waals surface area contributed by atoms with Crippen molar-refractivity contribution in [2.75, 3.05) is 6.54 Å². The van der Waals surface area contributed by atoms with Gasteiger partial charge in [-0.2, -0.15) is 0 Å². The Labute approximate surface area is 124 Å². The van der Waals surface area contributed by atoms with Gasteiger partial charge in [-0.1, -0.05) is 35.8 Å². The van der Waals surface area contributed by atoms with Crippen molar-refractivity contribution in [1.82, 2.24) is 5.32 Å². The highest BCUT2D eigenvalue weighted by Gasteiger charge is 2.14. The maximum atomic E-state index is 13.1. The van der Waals surface area contributed by atoms with Crippen LogP contribution in [0.15, 0.2) is 24.3 Å². The summed E-state index contributed by atoms with van der Waals surface area (Å²) in [7, 11) is 0. The van der Waals surface area contributed by atoms with E-state index in [1.54, 1.807) is 12.1 Å². The van der Waals surface area contributed by atoms with Crippen molar-refractivity contribution in [3.8, 4) is 0 Å². The van der Waals surface area contributed by atoms with Crippen molar-refractivity contribution in [3.63, 3.8) is 0 Å². The van der Waals surface area contributed by atoms with Gasteiger partial charge in [-0.25, -0.2) is 4.39 Å². The summed E-state index contributed by atoms with van der Waals surface area (Å²) >= 11 is 4.84. The standard InChI is InChI=1S/C14H15BrFNOS/c1-8(2)11(15)7-17-14(18)13-5-9-3-4-10(16)6-12(9)19-13/h3-6,8,11H,7H2,1-2H3,(H,17,18). The van der Waals surface area contributed by atoms with Gasteiger partial charge in [0.25, 0.3) is 5.91 Å². The summed E-state index contributed by atoms with van der Waals surface area (Å²) in [5.41, 5.74) is 0. The molecule has 1 atom stereocenters. The molecule has 1 unspecified atom stereocenters. The zero-order chi connectivity index (χ0) is 14.0. The maximum absolute atomic E-state index is 13.1. The number of halogens is 2. The summed E-state index contributed by atoms with van der Waals surface area (Å²) in [6.07, 6.45) is 0. The van der Waals surface area contributed by atoms with Crippen LogP contribution in [0.2, 0.25) is 0 Å². The Morgan fingerprint density at radius 3 is 2.84 bits per heavy atom. The first-order valence-electron chi connectivity index (χ1n) is 6.08. The van der Waals surface area contributed by atoms with Gasteiger partial charge in [-0.05, 0) is 29.5 Å². The molecule has 0 saturated carbocycles. The number of benzene rings is 1. The number of hydrogen-bond acceptors (Lipinski definition) is 2. The van der Waals surface area contributed by atoms with Crippen molar-refractivity contribution in [2.45, 2.75) is 18.7 Å². The van der Waals surface area contributed by atoms with Gasteiger partial charge in [0.1, 0.15) is 5.82 Å². The van der Waals surface area contributed by atoms with Crippen molar-refractivity contribution in [2.24, 2.45) is 5.92 Å². The van der Waals surface area contributed by atoms with Gasteiger partial charge < -0.3 is 5.32 Å². The molecular formula is C14H15BrFNOS. The number of rotatable bonds is 4. The summed E-state index contributed by atoms with van der Waals surface area (Å²) in [4.78, 5) is 12.9. The lowest BCUT2D eigenvalue weighted by molar-refractivity contribution is 0.0957. The highest BCUT2D eigenvalue weighted by atomic mass is 79.9. The average Bonchev–Trinajstić information content (AvgIpc) is 2.78. The number of amides is 1. The number of carbonyl (C=O) groups excluding carboxylic acids is 1. The first-order chi connectivity index (χ1) is 8.97. The summed E-state index contributed by atoms with van der Waals surface area (Å²) in [6.45, 7) is 4.76. The van der Waals surface area contributed by atoms with E-state index in [0.29, 0.717) is 17.3 Å². The van der Waals surface area contributed by atoms with Crippen LogP contribution in [0.4, 0.5) is 4.39 Å². The molecule has 0 aliphatic heterocycles. The highest BCUT2D eigenvalue weighted by Crippen LogP contribution is 2.26. The van der Waals surface area contributed by atoms with E-state index in [0.717, 1.165) is 10.1 Å². The third-order valence-electron chi connectivity index (χ3n) is 2.89. The number of alkyl halides is 1. The molecule has 102 valence electrons. The minimum absolute atomic E-state index is 0.105. The van der Waals surface area contributed by atoms with Crippen LogP contribution in [0.1, 0.15) is 23.5 Å². The number of nitrogens with one attached hydrogen (secondary N) is 1. The lowest BCUT2D eigenvalue weighted by Crippen LogP contribution is -2.31. The fourth-order valence-corrected chi connectivity index (χ4v) is 2.80. The van der Waals surface area contributed by atoms with Crippen LogP contribution in [0, 0.1) is 11.7 Å². The van der Waals surface area contributed by atoms with Gasteiger partial charge in [0.15, 0.2) is 0 Å². The number of carbonyl (C=O) groups is 1. The monoisotopic (exact) mass is 343 g/mol. The molecule has 1 N–H and O–H groups in total. The van der Waals surface area contributed by atoms with Crippen molar-refractivity contribution in [3.05, 3.63) is 35.0 Å². The van der Waals surface area contributed by atoms with Crippen LogP contribution in [-0.2, 0) is 0 Å². The van der Waals surface area contributed by atoms with Crippen LogP contribution >= 0.6 is 27.3 Å². The predicted octanol–water partition coefficient (Wildman–Crippen LogP) is 4.19. The van der Waals surface area contributed by atoms with E-state index in [1.165, 1.54) is 23.5 Å². The molecule has 1 amide bonds. The summed E-state index contributed by atoms with van der Waals surface area (Å²) < 4.78 is 13.9. The molecule has 1 aromatic heterocycles. The maximum Gasteiger partial charge on any atom is 0.261 e. The molecule has 0 aliphatic rings. The van der Waals surface area contributed by atoms with Crippen LogP contribution in [0.3, 0.4) is 0 Å². The van der Waals surface area contributed by atoms with Gasteiger partial charge in [0.2, 0.25) is 0 Å². The Hall–Kier alpha value is -0.940. The van der Waals surface area contributed by atoms with E-state index in [1.807, 2.05) is 0 Å².